The van der Waals surface area contributed by atoms with Crippen molar-refractivity contribution >= 4 is 15.9 Å². The molecule has 0 heterocycles. The van der Waals surface area contributed by atoms with Gasteiger partial charge in [0.25, 0.3) is 0 Å². The van der Waals surface area contributed by atoms with E-state index < -0.39 is 0 Å². The van der Waals surface area contributed by atoms with Crippen molar-refractivity contribution in [3.63, 3.8) is 0 Å². The highest BCUT2D eigenvalue weighted by atomic mass is 79.9. The molecule has 0 aliphatic heterocycles. The van der Waals surface area contributed by atoms with Crippen LogP contribution in [0.25, 0.3) is 0 Å². The quantitative estimate of drug-likeness (QED) is 0.768. The van der Waals surface area contributed by atoms with E-state index in [1.54, 1.807) is 0 Å². The highest BCUT2D eigenvalue weighted by Gasteiger charge is 2.21. The van der Waals surface area contributed by atoms with E-state index in [4.69, 9.17) is 9.47 Å². The standard InChI is InChI=1S/C14H19BrO2/c15-11-17-14-8-6-13(7-9-14)16-10-12-4-2-1-3-5-12/h1-5,13-14H,6-11H2. The van der Waals surface area contributed by atoms with E-state index in [9.17, 15) is 0 Å². The summed E-state index contributed by atoms with van der Waals surface area (Å²) >= 11 is 3.31. The van der Waals surface area contributed by atoms with Crippen molar-refractivity contribution in [1.82, 2.24) is 0 Å². The fourth-order valence-corrected chi connectivity index (χ4v) is 2.62. The largest absolute Gasteiger partial charge is 0.374 e. The summed E-state index contributed by atoms with van der Waals surface area (Å²) in [6.45, 7) is 0.732. The minimum atomic E-state index is 0.408. The number of hydrogen-bond donors (Lipinski definition) is 0. The molecule has 0 saturated heterocycles. The van der Waals surface area contributed by atoms with Crippen LogP contribution < -0.4 is 0 Å². The van der Waals surface area contributed by atoms with Crippen LogP contribution in [0.4, 0.5) is 0 Å². The van der Waals surface area contributed by atoms with E-state index in [2.05, 4.69) is 40.2 Å². The molecule has 2 rings (SSSR count). The van der Waals surface area contributed by atoms with Gasteiger partial charge in [-0.25, -0.2) is 0 Å². The van der Waals surface area contributed by atoms with E-state index in [0.717, 1.165) is 32.3 Å². The fourth-order valence-electron chi connectivity index (χ4n) is 2.24. The first-order chi connectivity index (χ1) is 8.38. The molecule has 94 valence electrons. The van der Waals surface area contributed by atoms with Crippen LogP contribution in [0.2, 0.25) is 0 Å². The van der Waals surface area contributed by atoms with Gasteiger partial charge in [-0.1, -0.05) is 46.3 Å². The van der Waals surface area contributed by atoms with Gasteiger partial charge in [-0.3, -0.25) is 0 Å². The molecular weight excluding hydrogens is 280 g/mol. The second-order valence-electron chi connectivity index (χ2n) is 4.47. The summed E-state index contributed by atoms with van der Waals surface area (Å²) in [7, 11) is 0. The lowest BCUT2D eigenvalue weighted by atomic mass is 9.95. The van der Waals surface area contributed by atoms with Crippen LogP contribution in [0, 0.1) is 0 Å². The van der Waals surface area contributed by atoms with Gasteiger partial charge in [0.1, 0.15) is 5.52 Å². The van der Waals surface area contributed by atoms with E-state index >= 15 is 0 Å². The van der Waals surface area contributed by atoms with Gasteiger partial charge in [-0.15, -0.1) is 0 Å². The summed E-state index contributed by atoms with van der Waals surface area (Å²) in [6, 6.07) is 10.4. The topological polar surface area (TPSA) is 18.5 Å². The van der Waals surface area contributed by atoms with Crippen molar-refractivity contribution in [2.45, 2.75) is 44.5 Å². The maximum atomic E-state index is 5.93. The maximum absolute atomic E-state index is 5.93. The molecule has 0 amide bonds. The highest BCUT2D eigenvalue weighted by Crippen LogP contribution is 2.24. The predicted octanol–water partition coefficient (Wildman–Crippen LogP) is 3.88. The molecule has 3 heteroatoms. The van der Waals surface area contributed by atoms with Crippen LogP contribution in [0.15, 0.2) is 30.3 Å². The smallest absolute Gasteiger partial charge is 0.102 e. The van der Waals surface area contributed by atoms with Crippen molar-refractivity contribution in [3.05, 3.63) is 35.9 Å². The summed E-state index contributed by atoms with van der Waals surface area (Å²) in [4.78, 5) is 0. The molecule has 1 aliphatic carbocycles. The van der Waals surface area contributed by atoms with Crippen LogP contribution in [-0.4, -0.2) is 17.7 Å². The maximum Gasteiger partial charge on any atom is 0.102 e. The SMILES string of the molecule is BrCOC1CCC(OCc2ccccc2)CC1. The summed E-state index contributed by atoms with van der Waals surface area (Å²) in [5.74, 6) is 0. The molecule has 0 unspecified atom stereocenters. The second kappa shape index (κ2) is 7.14. The molecule has 17 heavy (non-hydrogen) atoms. The molecule has 1 aromatic carbocycles. The van der Waals surface area contributed by atoms with Gasteiger partial charge in [0.15, 0.2) is 0 Å². The van der Waals surface area contributed by atoms with Gasteiger partial charge in [0, 0.05) is 0 Å². The summed E-state index contributed by atoms with van der Waals surface area (Å²) in [5, 5.41) is 0. The van der Waals surface area contributed by atoms with E-state index in [1.165, 1.54) is 5.56 Å². The molecule has 0 N–H and O–H groups in total. The molecule has 0 atom stereocenters. The third-order valence-electron chi connectivity index (χ3n) is 3.25. The molecule has 0 spiro atoms. The monoisotopic (exact) mass is 298 g/mol. The van der Waals surface area contributed by atoms with Crippen LogP contribution in [0.1, 0.15) is 31.2 Å². The van der Waals surface area contributed by atoms with Gasteiger partial charge in [0.2, 0.25) is 0 Å². The van der Waals surface area contributed by atoms with Crippen molar-refractivity contribution < 1.29 is 9.47 Å². The number of ether oxygens (including phenoxy) is 2. The second-order valence-corrected chi connectivity index (χ2v) is 4.93. The Morgan fingerprint density at radius 2 is 1.53 bits per heavy atom. The lowest BCUT2D eigenvalue weighted by molar-refractivity contribution is -0.0258. The number of benzene rings is 1. The molecule has 2 nitrogen and oxygen atoms in total. The van der Waals surface area contributed by atoms with Gasteiger partial charge in [-0.2, -0.15) is 0 Å². The van der Waals surface area contributed by atoms with E-state index in [-0.39, 0.29) is 0 Å². The first-order valence-electron chi connectivity index (χ1n) is 6.21. The number of hydrogen-bond acceptors (Lipinski definition) is 2. The molecule has 1 aromatic rings. The Morgan fingerprint density at radius 3 is 2.12 bits per heavy atom. The minimum Gasteiger partial charge on any atom is -0.374 e. The van der Waals surface area contributed by atoms with Crippen molar-refractivity contribution in [3.8, 4) is 0 Å². The first kappa shape index (κ1) is 13.1. The zero-order valence-electron chi connectivity index (χ0n) is 9.98. The highest BCUT2D eigenvalue weighted by molar-refractivity contribution is 9.09. The molecule has 0 bridgehead atoms. The summed E-state index contributed by atoms with van der Waals surface area (Å²) in [5.41, 5.74) is 1.90. The third-order valence-corrected chi connectivity index (χ3v) is 3.51. The van der Waals surface area contributed by atoms with Crippen molar-refractivity contribution in [2.75, 3.05) is 5.52 Å². The Kier molecular flexibility index (Phi) is 5.49. The Labute approximate surface area is 111 Å². The van der Waals surface area contributed by atoms with Crippen LogP contribution in [0.3, 0.4) is 0 Å². The minimum absolute atomic E-state index is 0.408. The molecule has 1 aliphatic rings. The summed E-state index contributed by atoms with van der Waals surface area (Å²) < 4.78 is 11.5. The number of halogens is 1. The fraction of sp³-hybridized carbons (Fsp3) is 0.571. The summed E-state index contributed by atoms with van der Waals surface area (Å²) in [6.07, 6.45) is 5.29. The van der Waals surface area contributed by atoms with Crippen molar-refractivity contribution in [2.24, 2.45) is 0 Å². The number of rotatable bonds is 5. The van der Waals surface area contributed by atoms with Crippen LogP contribution >= 0.6 is 15.9 Å². The lowest BCUT2D eigenvalue weighted by Gasteiger charge is -2.28. The molecular formula is C14H19BrO2. The Bertz CT molecular complexity index is 307. The zero-order chi connectivity index (χ0) is 11.9. The van der Waals surface area contributed by atoms with Gasteiger partial charge >= 0.3 is 0 Å². The Balaban J connectivity index is 1.68. The Hall–Kier alpha value is -0.380. The van der Waals surface area contributed by atoms with Crippen LogP contribution in [0.5, 0.6) is 0 Å². The molecule has 0 aromatic heterocycles. The van der Waals surface area contributed by atoms with Crippen molar-refractivity contribution in [1.29, 1.82) is 0 Å². The molecule has 0 radical (unpaired) electrons. The van der Waals surface area contributed by atoms with Gasteiger partial charge < -0.3 is 9.47 Å². The third kappa shape index (κ3) is 4.41. The van der Waals surface area contributed by atoms with Gasteiger partial charge in [0.05, 0.1) is 18.8 Å². The van der Waals surface area contributed by atoms with E-state index in [0.29, 0.717) is 17.7 Å². The van der Waals surface area contributed by atoms with Gasteiger partial charge in [-0.05, 0) is 31.2 Å². The average molecular weight is 299 g/mol. The number of alkyl halides is 1. The predicted molar refractivity (Wildman–Crippen MR) is 72.2 cm³/mol. The first-order valence-corrected chi connectivity index (χ1v) is 7.33. The Morgan fingerprint density at radius 1 is 0.941 bits per heavy atom. The normalized spacial score (nSPS) is 24.8. The zero-order valence-corrected chi connectivity index (χ0v) is 11.6. The van der Waals surface area contributed by atoms with Crippen LogP contribution in [-0.2, 0) is 16.1 Å². The van der Waals surface area contributed by atoms with E-state index in [1.807, 2.05) is 6.07 Å². The lowest BCUT2D eigenvalue weighted by Crippen LogP contribution is -2.26. The average Bonchev–Trinajstić information content (AvgIpc) is 2.40. The molecule has 1 saturated carbocycles. The molecule has 1 fully saturated rings.